The van der Waals surface area contributed by atoms with Gasteiger partial charge in [0.25, 0.3) is 0 Å². The molecule has 10 rings (SSSR count). The number of hydrogen-bond acceptors (Lipinski definition) is 0. The Morgan fingerprint density at radius 1 is 0.379 bits per heavy atom. The van der Waals surface area contributed by atoms with E-state index < -0.39 is 0 Å². The molecule has 0 unspecified atom stereocenters. The Balaban J connectivity index is 0.969. The van der Waals surface area contributed by atoms with Gasteiger partial charge in [0.2, 0.25) is 0 Å². The smallest absolute Gasteiger partial charge is 0.0547 e. The minimum atomic E-state index is -0.0855. The van der Waals surface area contributed by atoms with Gasteiger partial charge in [0.1, 0.15) is 0 Å². The van der Waals surface area contributed by atoms with Crippen molar-refractivity contribution in [3.63, 3.8) is 0 Å². The molecule has 0 aliphatic heterocycles. The molecule has 0 bridgehead atoms. The number of rotatable bonds is 7. The Kier molecular flexibility index (Phi) is 8.49. The van der Waals surface area contributed by atoms with Crippen LogP contribution in [0, 0.1) is 0 Å². The first-order chi connectivity index (χ1) is 28.1. The van der Waals surface area contributed by atoms with Gasteiger partial charge < -0.3 is 9.13 Å². The molecule has 2 heterocycles. The molecule has 0 saturated carbocycles. The third kappa shape index (κ3) is 6.12. The monoisotopic (exact) mass is 748 g/mol. The minimum absolute atomic E-state index is 0.0855. The molecule has 0 spiro atoms. The van der Waals surface area contributed by atoms with E-state index >= 15 is 0 Å². The second kappa shape index (κ2) is 13.8. The average Bonchev–Trinajstić information content (AvgIpc) is 3.77. The molecule has 0 fully saturated rings. The van der Waals surface area contributed by atoms with Crippen LogP contribution in [0.5, 0.6) is 0 Å². The summed E-state index contributed by atoms with van der Waals surface area (Å²) in [6.45, 7) is 11.6. The highest BCUT2D eigenvalue weighted by molar-refractivity contribution is 6.16. The molecule has 2 aromatic heterocycles. The highest BCUT2D eigenvalue weighted by Gasteiger charge is 2.23. The average molecular weight is 749 g/mol. The molecule has 0 aliphatic carbocycles. The summed E-state index contributed by atoms with van der Waals surface area (Å²) in [5.74, 6) is 0. The standard InChI is InChI=1S/C56H48N2/c1-55(2,3)42-30-27-39(28-31-42)40-29-34-52-49(36-40)47-19-9-11-22-50(47)57(52)45-32-25-38(26-33-45)37-56(4,5)43-16-13-15-41(35-43)46-21-14-24-53-54(46)48-20-10-12-23-51(48)58(53)44-17-7-6-8-18-44/h6-36H,37H2,1-5H3. The molecule has 58 heavy (non-hydrogen) atoms. The Morgan fingerprint density at radius 2 is 0.966 bits per heavy atom. The van der Waals surface area contributed by atoms with Crippen molar-refractivity contribution in [1.82, 2.24) is 9.13 Å². The van der Waals surface area contributed by atoms with Gasteiger partial charge in [-0.1, -0.05) is 168 Å². The molecule has 0 radical (unpaired) electrons. The van der Waals surface area contributed by atoms with Crippen LogP contribution in [0.1, 0.15) is 51.3 Å². The summed E-state index contributed by atoms with van der Waals surface area (Å²) in [4.78, 5) is 0. The minimum Gasteiger partial charge on any atom is -0.309 e. The molecule has 2 nitrogen and oxygen atoms in total. The van der Waals surface area contributed by atoms with Crippen molar-refractivity contribution in [2.75, 3.05) is 0 Å². The maximum atomic E-state index is 2.42. The van der Waals surface area contributed by atoms with Crippen LogP contribution in [-0.4, -0.2) is 9.13 Å². The Labute approximate surface area is 341 Å². The van der Waals surface area contributed by atoms with Gasteiger partial charge in [-0.25, -0.2) is 0 Å². The van der Waals surface area contributed by atoms with Crippen LogP contribution in [-0.2, 0) is 17.3 Å². The van der Waals surface area contributed by atoms with Crippen molar-refractivity contribution in [1.29, 1.82) is 0 Å². The summed E-state index contributed by atoms with van der Waals surface area (Å²) in [7, 11) is 0. The molecule has 2 heteroatoms. The third-order valence-corrected chi connectivity index (χ3v) is 12.3. The zero-order chi connectivity index (χ0) is 39.6. The Morgan fingerprint density at radius 3 is 1.71 bits per heavy atom. The molecule has 0 saturated heterocycles. The van der Waals surface area contributed by atoms with Gasteiger partial charge in [0, 0.05) is 32.9 Å². The van der Waals surface area contributed by atoms with E-state index in [9.17, 15) is 0 Å². The van der Waals surface area contributed by atoms with Gasteiger partial charge in [-0.3, -0.25) is 0 Å². The first kappa shape index (κ1) is 35.8. The SMILES string of the molecule is CC(C)(C)c1ccc(-c2ccc3c(c2)c2ccccc2n3-c2ccc(CC(C)(C)c3cccc(-c4cccc5c4c4ccccc4n5-c4ccccc4)c3)cc2)cc1. The highest BCUT2D eigenvalue weighted by Crippen LogP contribution is 2.41. The van der Waals surface area contributed by atoms with Gasteiger partial charge >= 0.3 is 0 Å². The zero-order valence-electron chi connectivity index (χ0n) is 34.0. The molecule has 0 amide bonds. The summed E-state index contributed by atoms with van der Waals surface area (Å²) in [6.07, 6.45) is 0.929. The van der Waals surface area contributed by atoms with Gasteiger partial charge in [-0.2, -0.15) is 0 Å². The maximum Gasteiger partial charge on any atom is 0.0547 e. The van der Waals surface area contributed by atoms with Crippen molar-refractivity contribution in [3.8, 4) is 33.6 Å². The summed E-state index contributed by atoms with van der Waals surface area (Å²) < 4.78 is 4.82. The van der Waals surface area contributed by atoms with Gasteiger partial charge in [-0.15, -0.1) is 0 Å². The number of nitrogens with zero attached hydrogens (tertiary/aromatic N) is 2. The van der Waals surface area contributed by atoms with Gasteiger partial charge in [0.15, 0.2) is 0 Å². The molecular formula is C56H48N2. The summed E-state index contributed by atoms with van der Waals surface area (Å²) in [5.41, 5.74) is 16.3. The quantitative estimate of drug-likeness (QED) is 0.154. The van der Waals surface area contributed by atoms with E-state index in [0.717, 1.165) is 6.42 Å². The number of aromatic nitrogens is 2. The van der Waals surface area contributed by atoms with Crippen molar-refractivity contribution in [2.45, 2.75) is 51.9 Å². The number of fused-ring (bicyclic) bond motifs is 6. The van der Waals surface area contributed by atoms with Gasteiger partial charge in [-0.05, 0) is 111 Å². The van der Waals surface area contributed by atoms with Crippen LogP contribution in [0.15, 0.2) is 188 Å². The molecule has 0 atom stereocenters. The Hall–Kier alpha value is -6.64. The highest BCUT2D eigenvalue weighted by atomic mass is 15.0. The lowest BCUT2D eigenvalue weighted by Gasteiger charge is -2.26. The second-order valence-electron chi connectivity index (χ2n) is 17.6. The van der Waals surface area contributed by atoms with E-state index in [1.54, 1.807) is 0 Å². The summed E-state index contributed by atoms with van der Waals surface area (Å²) in [6, 6.07) is 69.6. The van der Waals surface area contributed by atoms with E-state index in [1.165, 1.54) is 93.9 Å². The van der Waals surface area contributed by atoms with Crippen molar-refractivity contribution in [3.05, 3.63) is 205 Å². The Bertz CT molecular complexity index is 3110. The summed E-state index contributed by atoms with van der Waals surface area (Å²) >= 11 is 0. The predicted molar refractivity (Wildman–Crippen MR) is 248 cm³/mol. The van der Waals surface area contributed by atoms with E-state index in [-0.39, 0.29) is 10.8 Å². The van der Waals surface area contributed by atoms with Crippen molar-refractivity contribution in [2.24, 2.45) is 0 Å². The van der Waals surface area contributed by atoms with Gasteiger partial charge in [0.05, 0.1) is 22.1 Å². The zero-order valence-corrected chi connectivity index (χ0v) is 34.0. The van der Waals surface area contributed by atoms with E-state index in [4.69, 9.17) is 0 Å². The van der Waals surface area contributed by atoms with E-state index in [2.05, 4.69) is 232 Å². The van der Waals surface area contributed by atoms with Crippen LogP contribution in [0.4, 0.5) is 0 Å². The first-order valence-electron chi connectivity index (χ1n) is 20.6. The van der Waals surface area contributed by atoms with Crippen LogP contribution in [0.3, 0.4) is 0 Å². The maximum absolute atomic E-state index is 2.42. The largest absolute Gasteiger partial charge is 0.309 e. The lowest BCUT2D eigenvalue weighted by Crippen LogP contribution is -2.20. The van der Waals surface area contributed by atoms with Crippen LogP contribution in [0.25, 0.3) is 77.2 Å². The predicted octanol–water partition coefficient (Wildman–Crippen LogP) is 15.0. The molecule has 282 valence electrons. The molecule has 0 N–H and O–H groups in total. The van der Waals surface area contributed by atoms with Crippen LogP contribution < -0.4 is 0 Å². The fourth-order valence-electron chi connectivity index (χ4n) is 9.19. The molecule has 0 aliphatic rings. The fraction of sp³-hybridized carbons (Fsp3) is 0.143. The van der Waals surface area contributed by atoms with Crippen molar-refractivity contribution < 1.29 is 0 Å². The fourth-order valence-corrected chi connectivity index (χ4v) is 9.19. The number of hydrogen-bond donors (Lipinski definition) is 0. The molecular weight excluding hydrogens is 701 g/mol. The lowest BCUT2D eigenvalue weighted by atomic mass is 9.78. The third-order valence-electron chi connectivity index (χ3n) is 12.3. The van der Waals surface area contributed by atoms with E-state index in [1.807, 2.05) is 0 Å². The van der Waals surface area contributed by atoms with Crippen molar-refractivity contribution >= 4 is 43.6 Å². The van der Waals surface area contributed by atoms with Crippen LogP contribution in [0.2, 0.25) is 0 Å². The van der Waals surface area contributed by atoms with E-state index in [0.29, 0.717) is 0 Å². The molecule has 8 aromatic carbocycles. The topological polar surface area (TPSA) is 9.86 Å². The number of benzene rings is 8. The normalized spacial score (nSPS) is 12.3. The molecule has 10 aromatic rings. The summed E-state index contributed by atoms with van der Waals surface area (Å²) in [5, 5.41) is 5.12. The second-order valence-corrected chi connectivity index (χ2v) is 17.6. The van der Waals surface area contributed by atoms with Crippen LogP contribution >= 0.6 is 0 Å². The lowest BCUT2D eigenvalue weighted by molar-refractivity contribution is 0.522. The first-order valence-corrected chi connectivity index (χ1v) is 20.6. The number of para-hydroxylation sites is 3.